The molecule has 0 spiro atoms. The Labute approximate surface area is 185 Å². The molecule has 0 saturated carbocycles. The first-order valence-electron chi connectivity index (χ1n) is 9.86. The summed E-state index contributed by atoms with van der Waals surface area (Å²) in [5.74, 6) is 1.53. The number of rotatable bonds is 7. The molecule has 4 rings (SSSR count). The van der Waals surface area contributed by atoms with Gasteiger partial charge in [-0.3, -0.25) is 4.79 Å². The van der Waals surface area contributed by atoms with Crippen molar-refractivity contribution < 1.29 is 13.9 Å². The Bertz CT molecular complexity index is 1220. The van der Waals surface area contributed by atoms with Gasteiger partial charge >= 0.3 is 0 Å². The Balaban J connectivity index is 1.36. The van der Waals surface area contributed by atoms with Crippen LogP contribution in [0.5, 0.6) is 5.75 Å². The van der Waals surface area contributed by atoms with Gasteiger partial charge in [0.15, 0.2) is 0 Å². The lowest BCUT2D eigenvalue weighted by atomic mass is 10.1. The predicted octanol–water partition coefficient (Wildman–Crippen LogP) is 4.96. The van der Waals surface area contributed by atoms with Crippen LogP contribution in [0, 0.1) is 6.92 Å². The molecule has 0 N–H and O–H groups in total. The fraction of sp³-hybridized carbons (Fsp3) is 0.208. The molecule has 0 atom stereocenters. The van der Waals surface area contributed by atoms with Gasteiger partial charge in [-0.2, -0.15) is 0 Å². The maximum absolute atomic E-state index is 12.6. The molecule has 7 heteroatoms. The summed E-state index contributed by atoms with van der Waals surface area (Å²) in [6, 6.07) is 20.0. The summed E-state index contributed by atoms with van der Waals surface area (Å²) in [4.78, 5) is 14.3. The first-order valence-corrected chi connectivity index (χ1v) is 10.8. The molecule has 0 aliphatic carbocycles. The molecule has 6 nitrogen and oxygen atoms in total. The van der Waals surface area contributed by atoms with E-state index in [1.807, 2.05) is 61.5 Å². The van der Waals surface area contributed by atoms with E-state index in [2.05, 4.69) is 16.3 Å². The number of aromatic nitrogens is 2. The molecule has 0 radical (unpaired) electrons. The normalized spacial score (nSPS) is 10.9. The van der Waals surface area contributed by atoms with Crippen molar-refractivity contribution in [3.8, 4) is 17.2 Å². The van der Waals surface area contributed by atoms with E-state index in [4.69, 9.17) is 9.15 Å². The van der Waals surface area contributed by atoms with Crippen molar-refractivity contribution >= 4 is 28.4 Å². The zero-order valence-electron chi connectivity index (χ0n) is 17.7. The van der Waals surface area contributed by atoms with Gasteiger partial charge in [0.2, 0.25) is 11.8 Å². The number of methoxy groups -OCH3 is 1. The SMILES string of the molecule is COc1ccc2cc(CN(C)C(=O)CSc3nnc(-c4ccccc4C)o3)ccc2c1. The summed E-state index contributed by atoms with van der Waals surface area (Å²) >= 11 is 1.25. The van der Waals surface area contributed by atoms with Gasteiger partial charge in [0.1, 0.15) is 5.75 Å². The van der Waals surface area contributed by atoms with Gasteiger partial charge in [-0.25, -0.2) is 0 Å². The fourth-order valence-corrected chi connectivity index (χ4v) is 3.99. The van der Waals surface area contributed by atoms with E-state index >= 15 is 0 Å². The van der Waals surface area contributed by atoms with Crippen molar-refractivity contribution in [1.29, 1.82) is 0 Å². The second-order valence-corrected chi connectivity index (χ2v) is 8.20. The zero-order valence-corrected chi connectivity index (χ0v) is 18.5. The number of thioether (sulfide) groups is 1. The van der Waals surface area contributed by atoms with Gasteiger partial charge in [-0.15, -0.1) is 10.2 Å². The summed E-state index contributed by atoms with van der Waals surface area (Å²) in [5.41, 5.74) is 3.03. The molecule has 0 aliphatic heterocycles. The minimum atomic E-state index is -0.00419. The number of amides is 1. The number of carbonyl (C=O) groups excluding carboxylic acids is 1. The highest BCUT2D eigenvalue weighted by atomic mass is 32.2. The summed E-state index contributed by atoms with van der Waals surface area (Å²) < 4.78 is 11.0. The van der Waals surface area contributed by atoms with Crippen LogP contribution in [0.1, 0.15) is 11.1 Å². The van der Waals surface area contributed by atoms with Crippen LogP contribution in [0.3, 0.4) is 0 Å². The Morgan fingerprint density at radius 1 is 1.06 bits per heavy atom. The third kappa shape index (κ3) is 4.88. The van der Waals surface area contributed by atoms with Crippen molar-refractivity contribution in [3.05, 3.63) is 71.8 Å². The van der Waals surface area contributed by atoms with Crippen molar-refractivity contribution in [2.24, 2.45) is 0 Å². The molecule has 0 aliphatic rings. The number of hydrogen-bond acceptors (Lipinski definition) is 6. The lowest BCUT2D eigenvalue weighted by Crippen LogP contribution is -2.27. The Morgan fingerprint density at radius 2 is 1.84 bits per heavy atom. The molecule has 1 aromatic heterocycles. The summed E-state index contributed by atoms with van der Waals surface area (Å²) in [6.07, 6.45) is 0. The smallest absolute Gasteiger partial charge is 0.277 e. The van der Waals surface area contributed by atoms with Gasteiger partial charge in [-0.1, -0.05) is 48.2 Å². The Hall–Kier alpha value is -3.32. The summed E-state index contributed by atoms with van der Waals surface area (Å²) in [6.45, 7) is 2.52. The first kappa shape index (κ1) is 20.9. The minimum Gasteiger partial charge on any atom is -0.497 e. The molecular formula is C24H23N3O3S. The highest BCUT2D eigenvalue weighted by Crippen LogP contribution is 2.26. The van der Waals surface area contributed by atoms with Crippen molar-refractivity contribution in [2.45, 2.75) is 18.7 Å². The Morgan fingerprint density at radius 3 is 2.65 bits per heavy atom. The van der Waals surface area contributed by atoms with E-state index in [-0.39, 0.29) is 11.7 Å². The zero-order chi connectivity index (χ0) is 21.8. The second kappa shape index (κ2) is 9.22. The van der Waals surface area contributed by atoms with E-state index in [1.54, 1.807) is 19.1 Å². The third-order valence-electron chi connectivity index (χ3n) is 5.06. The average molecular weight is 434 g/mol. The van der Waals surface area contributed by atoms with Gasteiger partial charge in [0.05, 0.1) is 12.9 Å². The predicted molar refractivity (Wildman–Crippen MR) is 122 cm³/mol. The van der Waals surface area contributed by atoms with Crippen LogP contribution < -0.4 is 4.74 Å². The van der Waals surface area contributed by atoms with Crippen LogP contribution in [0.25, 0.3) is 22.2 Å². The standard InChI is InChI=1S/C24H23N3O3S/c1-16-6-4-5-7-21(16)23-25-26-24(30-23)31-15-22(28)27(2)14-17-8-9-19-13-20(29-3)11-10-18(19)12-17/h4-13H,14-15H2,1-3H3. The van der Waals surface area contributed by atoms with Crippen LogP contribution in [0.4, 0.5) is 0 Å². The monoisotopic (exact) mass is 433 g/mol. The highest BCUT2D eigenvalue weighted by Gasteiger charge is 2.15. The number of fused-ring (bicyclic) bond motifs is 1. The molecule has 4 aromatic rings. The van der Waals surface area contributed by atoms with Crippen LogP contribution in [-0.2, 0) is 11.3 Å². The molecule has 3 aromatic carbocycles. The van der Waals surface area contributed by atoms with Gasteiger partial charge in [-0.05, 0) is 53.1 Å². The molecule has 1 amide bonds. The molecular weight excluding hydrogens is 410 g/mol. The average Bonchev–Trinajstić information content (AvgIpc) is 3.26. The lowest BCUT2D eigenvalue weighted by Gasteiger charge is -2.17. The van der Waals surface area contributed by atoms with Crippen molar-refractivity contribution in [3.63, 3.8) is 0 Å². The largest absolute Gasteiger partial charge is 0.497 e. The fourth-order valence-electron chi connectivity index (χ4n) is 3.28. The van der Waals surface area contributed by atoms with Crippen LogP contribution in [-0.4, -0.2) is 40.9 Å². The molecule has 0 fully saturated rings. The topological polar surface area (TPSA) is 68.5 Å². The van der Waals surface area contributed by atoms with E-state index in [0.29, 0.717) is 17.7 Å². The van der Waals surface area contributed by atoms with E-state index in [1.165, 1.54) is 11.8 Å². The minimum absolute atomic E-state index is 0.00419. The third-order valence-corrected chi connectivity index (χ3v) is 5.86. The number of benzene rings is 3. The van der Waals surface area contributed by atoms with E-state index < -0.39 is 0 Å². The number of nitrogens with zero attached hydrogens (tertiary/aromatic N) is 3. The van der Waals surface area contributed by atoms with E-state index in [0.717, 1.165) is 33.2 Å². The first-order chi connectivity index (χ1) is 15.0. The summed E-state index contributed by atoms with van der Waals surface area (Å²) in [5, 5.41) is 10.8. The van der Waals surface area contributed by atoms with Gasteiger partial charge < -0.3 is 14.1 Å². The number of ether oxygens (including phenoxy) is 1. The molecule has 0 unspecified atom stereocenters. The van der Waals surface area contributed by atoms with Crippen LogP contribution in [0.15, 0.2) is 70.3 Å². The summed E-state index contributed by atoms with van der Waals surface area (Å²) in [7, 11) is 3.46. The second-order valence-electron chi connectivity index (χ2n) is 7.27. The molecule has 1 heterocycles. The molecule has 31 heavy (non-hydrogen) atoms. The Kier molecular flexibility index (Phi) is 6.23. The maximum atomic E-state index is 12.6. The molecule has 0 saturated heterocycles. The number of carbonyl (C=O) groups is 1. The quantitative estimate of drug-likeness (QED) is 0.384. The maximum Gasteiger partial charge on any atom is 0.277 e. The van der Waals surface area contributed by atoms with Crippen molar-refractivity contribution in [1.82, 2.24) is 15.1 Å². The van der Waals surface area contributed by atoms with Gasteiger partial charge in [0, 0.05) is 19.2 Å². The number of aryl methyl sites for hydroxylation is 1. The van der Waals surface area contributed by atoms with Crippen LogP contribution in [0.2, 0.25) is 0 Å². The van der Waals surface area contributed by atoms with Gasteiger partial charge in [0.25, 0.3) is 5.22 Å². The molecule has 0 bridgehead atoms. The van der Waals surface area contributed by atoms with Crippen LogP contribution >= 0.6 is 11.8 Å². The van der Waals surface area contributed by atoms with Crippen molar-refractivity contribution in [2.75, 3.05) is 19.9 Å². The lowest BCUT2D eigenvalue weighted by molar-refractivity contribution is -0.127. The number of hydrogen-bond donors (Lipinski definition) is 0. The molecule has 158 valence electrons. The highest BCUT2D eigenvalue weighted by molar-refractivity contribution is 7.99. The van der Waals surface area contributed by atoms with E-state index in [9.17, 15) is 4.79 Å².